The highest BCUT2D eigenvalue weighted by Crippen LogP contribution is 2.42. The van der Waals surface area contributed by atoms with Crippen LogP contribution in [-0.4, -0.2) is 83.6 Å². The Balaban J connectivity index is 0.868. The van der Waals surface area contributed by atoms with E-state index in [9.17, 15) is 24.0 Å². The molecule has 5 amide bonds. The molecule has 10 heteroatoms. The minimum atomic E-state index is -0.679. The number of unbranched alkanes of at least 4 members (excludes halogenated alkanes) is 12. The normalized spacial score (nSPS) is 24.1. The molecule has 2 saturated heterocycles. The molecule has 0 radical (unpaired) electrons. The Morgan fingerprint density at radius 1 is 0.565 bits per heavy atom. The van der Waals surface area contributed by atoms with E-state index in [4.69, 9.17) is 0 Å². The third-order valence-corrected chi connectivity index (χ3v) is 13.7. The van der Waals surface area contributed by atoms with Crippen LogP contribution in [0.5, 0.6) is 0 Å². The molecule has 0 aromatic heterocycles. The zero-order valence-corrected chi connectivity index (χ0v) is 36.9. The van der Waals surface area contributed by atoms with E-state index in [2.05, 4.69) is 47.1 Å². The third-order valence-electron chi connectivity index (χ3n) is 13.7. The molecule has 2 aliphatic heterocycles. The summed E-state index contributed by atoms with van der Waals surface area (Å²) in [5.74, 6) is -1.61. The second-order valence-corrected chi connectivity index (χ2v) is 18.5. The second-order valence-electron chi connectivity index (χ2n) is 18.5. The first-order valence-corrected chi connectivity index (χ1v) is 24.0. The van der Waals surface area contributed by atoms with Crippen LogP contribution in [0.4, 0.5) is 0 Å². The van der Waals surface area contributed by atoms with Crippen molar-refractivity contribution in [1.29, 1.82) is 0 Å². The van der Waals surface area contributed by atoms with Gasteiger partial charge in [-0.05, 0) is 61.1 Å². The average Bonchev–Trinajstić information content (AvgIpc) is 4.21. The Morgan fingerprint density at radius 3 is 1.53 bits per heavy atom. The Hall–Kier alpha value is -4.99. The minimum Gasteiger partial charge on any atom is -0.352 e. The smallest absolute Gasteiger partial charge is 0.253 e. The lowest BCUT2D eigenvalue weighted by Gasteiger charge is -2.33. The highest BCUT2D eigenvalue weighted by Gasteiger charge is 2.49. The van der Waals surface area contributed by atoms with Crippen molar-refractivity contribution in [2.24, 2.45) is 11.8 Å². The van der Waals surface area contributed by atoms with Crippen LogP contribution in [0.25, 0.3) is 0 Å². The van der Waals surface area contributed by atoms with Crippen molar-refractivity contribution in [3.8, 4) is 0 Å². The van der Waals surface area contributed by atoms with E-state index in [0.717, 1.165) is 32.2 Å². The van der Waals surface area contributed by atoms with Crippen molar-refractivity contribution in [2.75, 3.05) is 26.2 Å². The van der Waals surface area contributed by atoms with Gasteiger partial charge >= 0.3 is 0 Å². The van der Waals surface area contributed by atoms with Gasteiger partial charge in [0.15, 0.2) is 0 Å². The van der Waals surface area contributed by atoms with Gasteiger partial charge in [0, 0.05) is 73.7 Å². The van der Waals surface area contributed by atoms with Gasteiger partial charge in [-0.25, -0.2) is 0 Å². The minimum absolute atomic E-state index is 0.00387. The fraction of sp³-hybridized carbons (Fsp3) is 0.558. The molecule has 4 fully saturated rings. The maximum absolute atomic E-state index is 14.0. The van der Waals surface area contributed by atoms with Crippen LogP contribution in [0.15, 0.2) is 84.9 Å². The molecule has 3 N–H and O–H groups in total. The summed E-state index contributed by atoms with van der Waals surface area (Å²) >= 11 is 0. The van der Waals surface area contributed by atoms with Crippen molar-refractivity contribution >= 4 is 29.5 Å². The van der Waals surface area contributed by atoms with Gasteiger partial charge < -0.3 is 25.8 Å². The first kappa shape index (κ1) is 45.0. The molecule has 2 heterocycles. The van der Waals surface area contributed by atoms with Gasteiger partial charge in [0.25, 0.3) is 11.8 Å². The standard InChI is InChI=1S/C52H69N5O5/c1-2-3-4-5-6-7-8-9-10-11-12-13-20-31-56-34-41(29-30-48(56)58)53-49(59)39-25-27-40(28-26-39)52(62)57-35-44(50(60)54-46-32-42(46)37-21-16-14-17-22-37)45(36-57)51(61)55-47-33-43(47)38-23-18-15-19-24-38/h14-19,21-28,41-47H,2-13,20,29-36H2,1H3,(H,53,59)(H,54,60)(H,55,61)/t41-,42+,43+,44+,45+,46-,47-/m0/s1. The number of hydrogen-bond acceptors (Lipinski definition) is 5. The lowest BCUT2D eigenvalue weighted by Crippen LogP contribution is -2.50. The molecule has 0 bridgehead atoms. The molecule has 2 aliphatic carbocycles. The van der Waals surface area contributed by atoms with E-state index < -0.39 is 11.8 Å². The lowest BCUT2D eigenvalue weighted by atomic mass is 9.94. The van der Waals surface area contributed by atoms with Crippen LogP contribution < -0.4 is 16.0 Å². The summed E-state index contributed by atoms with van der Waals surface area (Å²) in [5.41, 5.74) is 3.20. The molecular weight excluding hydrogens is 775 g/mol. The zero-order valence-electron chi connectivity index (χ0n) is 36.9. The van der Waals surface area contributed by atoms with E-state index in [0.29, 0.717) is 30.5 Å². The summed E-state index contributed by atoms with van der Waals surface area (Å²) in [4.78, 5) is 71.3. The molecule has 332 valence electrons. The molecule has 0 spiro atoms. The van der Waals surface area contributed by atoms with E-state index >= 15 is 0 Å². The number of carbonyl (C=O) groups excluding carboxylic acids is 5. The Morgan fingerprint density at radius 2 is 1.03 bits per heavy atom. The van der Waals surface area contributed by atoms with E-state index in [1.165, 1.54) is 81.8 Å². The molecule has 7 rings (SSSR count). The second kappa shape index (κ2) is 22.4. The van der Waals surface area contributed by atoms with Gasteiger partial charge in [-0.1, -0.05) is 145 Å². The zero-order chi connectivity index (χ0) is 43.3. The van der Waals surface area contributed by atoms with Gasteiger partial charge in [-0.3, -0.25) is 24.0 Å². The van der Waals surface area contributed by atoms with Crippen LogP contribution in [0.2, 0.25) is 0 Å². The van der Waals surface area contributed by atoms with Crippen molar-refractivity contribution in [3.63, 3.8) is 0 Å². The SMILES string of the molecule is CCCCCCCCCCCCCCCN1C[C@@H](NC(=O)c2ccc(C(=O)N3C[C@@H](C(=O)N[C@H]4C[C@@H]4c4ccccc4)[C@H](C(=O)N[C@H]4C[C@@H]4c4ccccc4)C3)cc2)CCC1=O. The maximum atomic E-state index is 14.0. The highest BCUT2D eigenvalue weighted by atomic mass is 16.2. The van der Waals surface area contributed by atoms with E-state index in [-0.39, 0.29) is 72.6 Å². The van der Waals surface area contributed by atoms with E-state index in [1.54, 1.807) is 29.2 Å². The molecule has 2 saturated carbocycles. The molecule has 0 unspecified atom stereocenters. The van der Waals surface area contributed by atoms with Crippen LogP contribution in [0.1, 0.15) is 160 Å². The monoisotopic (exact) mass is 844 g/mol. The summed E-state index contributed by atoms with van der Waals surface area (Å²) in [6.45, 7) is 3.77. The predicted octanol–water partition coefficient (Wildman–Crippen LogP) is 8.53. The van der Waals surface area contributed by atoms with Crippen molar-refractivity contribution in [2.45, 2.75) is 146 Å². The number of likely N-dealkylation sites (tertiary alicyclic amines) is 2. The maximum Gasteiger partial charge on any atom is 0.253 e. The van der Waals surface area contributed by atoms with Crippen LogP contribution in [0, 0.1) is 11.8 Å². The van der Waals surface area contributed by atoms with Gasteiger partial charge in [0.2, 0.25) is 17.7 Å². The molecule has 62 heavy (non-hydrogen) atoms. The number of nitrogens with one attached hydrogen (secondary N) is 3. The van der Waals surface area contributed by atoms with Gasteiger partial charge in [-0.2, -0.15) is 0 Å². The van der Waals surface area contributed by atoms with Crippen molar-refractivity contribution in [3.05, 3.63) is 107 Å². The summed E-state index contributed by atoms with van der Waals surface area (Å²) in [5, 5.41) is 9.52. The third kappa shape index (κ3) is 12.6. The number of hydrogen-bond donors (Lipinski definition) is 3. The number of benzene rings is 3. The number of nitrogens with zero attached hydrogens (tertiary/aromatic N) is 2. The summed E-state index contributed by atoms with van der Waals surface area (Å²) in [6.07, 6.45) is 19.4. The summed E-state index contributed by atoms with van der Waals surface area (Å²) < 4.78 is 0. The largest absolute Gasteiger partial charge is 0.352 e. The molecule has 7 atom stereocenters. The first-order chi connectivity index (χ1) is 30.3. The molecule has 4 aliphatic rings. The summed E-state index contributed by atoms with van der Waals surface area (Å²) in [6, 6.07) is 26.7. The Labute approximate surface area is 369 Å². The number of carbonyl (C=O) groups is 5. The average molecular weight is 844 g/mol. The van der Waals surface area contributed by atoms with E-state index in [1.807, 2.05) is 41.3 Å². The number of rotatable bonds is 23. The number of amides is 5. The predicted molar refractivity (Wildman–Crippen MR) is 244 cm³/mol. The fourth-order valence-corrected chi connectivity index (χ4v) is 9.71. The molecular formula is C52H69N5O5. The first-order valence-electron chi connectivity index (χ1n) is 24.0. The summed E-state index contributed by atoms with van der Waals surface area (Å²) in [7, 11) is 0. The van der Waals surface area contributed by atoms with Crippen molar-refractivity contribution in [1.82, 2.24) is 25.8 Å². The van der Waals surface area contributed by atoms with Gasteiger partial charge in [0.05, 0.1) is 11.8 Å². The molecule has 10 nitrogen and oxygen atoms in total. The van der Waals surface area contributed by atoms with Crippen LogP contribution in [0.3, 0.4) is 0 Å². The lowest BCUT2D eigenvalue weighted by molar-refractivity contribution is -0.134. The topological polar surface area (TPSA) is 128 Å². The Kier molecular flexibility index (Phi) is 16.3. The quantitative estimate of drug-likeness (QED) is 0.0826. The van der Waals surface area contributed by atoms with Gasteiger partial charge in [0.1, 0.15) is 0 Å². The highest BCUT2D eigenvalue weighted by molar-refractivity contribution is 5.99. The van der Waals surface area contributed by atoms with Crippen LogP contribution >= 0.6 is 0 Å². The number of piperidine rings is 1. The Bertz CT molecular complexity index is 1860. The van der Waals surface area contributed by atoms with Crippen molar-refractivity contribution < 1.29 is 24.0 Å². The molecule has 3 aromatic rings. The van der Waals surface area contributed by atoms with Crippen LogP contribution in [-0.2, 0) is 14.4 Å². The van der Waals surface area contributed by atoms with Gasteiger partial charge in [-0.15, -0.1) is 0 Å². The fourth-order valence-electron chi connectivity index (χ4n) is 9.71. The molecule has 3 aromatic carbocycles.